The number of phenolic OH excluding ortho intramolecular Hbond substituents is 1. The van der Waals surface area contributed by atoms with Crippen LogP contribution in [-0.4, -0.2) is 17.6 Å². The predicted octanol–water partition coefficient (Wildman–Crippen LogP) is 1.79. The van der Waals surface area contributed by atoms with E-state index in [4.69, 9.17) is 17.3 Å². The number of aromatic hydroxyl groups is 1. The highest BCUT2D eigenvalue weighted by Gasteiger charge is 2.04. The van der Waals surface area contributed by atoms with E-state index >= 15 is 0 Å². The zero-order valence-corrected chi connectivity index (χ0v) is 10.3. The van der Waals surface area contributed by atoms with Gasteiger partial charge in [0, 0.05) is 23.6 Å². The Kier molecular flexibility index (Phi) is 5.80. The van der Waals surface area contributed by atoms with Gasteiger partial charge >= 0.3 is 0 Å². The maximum Gasteiger partial charge on any atom is 0.217 e. The van der Waals surface area contributed by atoms with Crippen molar-refractivity contribution in [2.45, 2.75) is 25.8 Å². The molecule has 0 saturated heterocycles. The summed E-state index contributed by atoms with van der Waals surface area (Å²) in [5, 5.41) is 13.3. The zero-order valence-electron chi connectivity index (χ0n) is 9.58. The van der Waals surface area contributed by atoms with Crippen LogP contribution in [0.1, 0.15) is 24.8 Å². The monoisotopic (exact) mass is 256 g/mol. The Morgan fingerprint density at radius 2 is 2.18 bits per heavy atom. The Labute approximate surface area is 106 Å². The number of hydrogen-bond acceptors (Lipinski definition) is 3. The standard InChI is InChI=1S/C12H17ClN2O2/c13-10-4-3-5-11(16)9(10)8-15-7-2-1-6-12(14)17/h3-5,15-16H,1-2,6-8H2,(H2,14,17). The van der Waals surface area contributed by atoms with Crippen LogP contribution in [0.25, 0.3) is 0 Å². The molecule has 0 spiro atoms. The van der Waals surface area contributed by atoms with E-state index in [0.717, 1.165) is 19.4 Å². The molecule has 5 heteroatoms. The number of carbonyl (C=O) groups is 1. The number of rotatable bonds is 7. The molecular weight excluding hydrogens is 240 g/mol. The molecule has 1 amide bonds. The Morgan fingerprint density at radius 3 is 2.82 bits per heavy atom. The lowest BCUT2D eigenvalue weighted by Gasteiger charge is -2.08. The summed E-state index contributed by atoms with van der Waals surface area (Å²) in [6.45, 7) is 1.28. The van der Waals surface area contributed by atoms with Gasteiger partial charge in [0.15, 0.2) is 0 Å². The summed E-state index contributed by atoms with van der Waals surface area (Å²) in [5.41, 5.74) is 5.73. The predicted molar refractivity (Wildman–Crippen MR) is 67.9 cm³/mol. The number of carbonyl (C=O) groups excluding carboxylic acids is 1. The van der Waals surface area contributed by atoms with Crippen LogP contribution < -0.4 is 11.1 Å². The van der Waals surface area contributed by atoms with Crippen LogP contribution in [0, 0.1) is 0 Å². The first-order valence-corrected chi connectivity index (χ1v) is 5.94. The van der Waals surface area contributed by atoms with Crippen molar-refractivity contribution in [3.63, 3.8) is 0 Å². The molecular formula is C12H17ClN2O2. The smallest absolute Gasteiger partial charge is 0.217 e. The third-order valence-electron chi connectivity index (χ3n) is 2.42. The SMILES string of the molecule is NC(=O)CCCCNCc1c(O)cccc1Cl. The fourth-order valence-electron chi connectivity index (χ4n) is 1.48. The number of unbranched alkanes of at least 4 members (excludes halogenated alkanes) is 1. The second-order valence-electron chi connectivity index (χ2n) is 3.84. The van der Waals surface area contributed by atoms with E-state index in [2.05, 4.69) is 5.32 Å². The molecule has 0 saturated carbocycles. The summed E-state index contributed by atoms with van der Waals surface area (Å²) in [4.78, 5) is 10.5. The third-order valence-corrected chi connectivity index (χ3v) is 2.78. The maximum atomic E-state index is 10.5. The van der Waals surface area contributed by atoms with Crippen LogP contribution in [0.3, 0.4) is 0 Å². The number of primary amides is 1. The highest BCUT2D eigenvalue weighted by Crippen LogP contribution is 2.24. The molecule has 0 radical (unpaired) electrons. The number of phenols is 1. The highest BCUT2D eigenvalue weighted by atomic mass is 35.5. The lowest BCUT2D eigenvalue weighted by Crippen LogP contribution is -2.16. The molecule has 0 aliphatic carbocycles. The molecule has 0 bridgehead atoms. The Hall–Kier alpha value is -1.26. The van der Waals surface area contributed by atoms with Gasteiger partial charge in [-0.3, -0.25) is 4.79 Å². The molecule has 4 nitrogen and oxygen atoms in total. The lowest BCUT2D eigenvalue weighted by atomic mass is 10.2. The molecule has 1 aromatic carbocycles. The molecule has 0 atom stereocenters. The molecule has 4 N–H and O–H groups in total. The second kappa shape index (κ2) is 7.14. The molecule has 0 aromatic heterocycles. The van der Waals surface area contributed by atoms with Crippen LogP contribution in [0.2, 0.25) is 5.02 Å². The van der Waals surface area contributed by atoms with Crippen LogP contribution in [0.4, 0.5) is 0 Å². The van der Waals surface area contributed by atoms with E-state index in [0.29, 0.717) is 23.6 Å². The first kappa shape index (κ1) is 13.8. The number of hydrogen-bond donors (Lipinski definition) is 3. The van der Waals surface area contributed by atoms with Crippen molar-refractivity contribution in [2.75, 3.05) is 6.54 Å². The molecule has 0 heterocycles. The van der Waals surface area contributed by atoms with Gasteiger partial charge in [0.1, 0.15) is 5.75 Å². The second-order valence-corrected chi connectivity index (χ2v) is 4.24. The van der Waals surface area contributed by atoms with Crippen molar-refractivity contribution in [2.24, 2.45) is 5.73 Å². The number of nitrogens with one attached hydrogen (secondary N) is 1. The molecule has 1 aromatic rings. The Balaban J connectivity index is 2.24. The minimum absolute atomic E-state index is 0.196. The van der Waals surface area contributed by atoms with E-state index in [9.17, 15) is 9.90 Å². The number of amides is 1. The van der Waals surface area contributed by atoms with Gasteiger partial charge < -0.3 is 16.2 Å². The van der Waals surface area contributed by atoms with E-state index in [-0.39, 0.29) is 11.7 Å². The minimum atomic E-state index is -0.270. The van der Waals surface area contributed by atoms with Crippen molar-refractivity contribution in [1.29, 1.82) is 0 Å². The van der Waals surface area contributed by atoms with Gasteiger partial charge in [-0.05, 0) is 31.5 Å². The molecule has 0 aliphatic rings. The molecule has 0 unspecified atom stereocenters. The molecule has 17 heavy (non-hydrogen) atoms. The number of halogens is 1. The average molecular weight is 257 g/mol. The normalized spacial score (nSPS) is 10.4. The quantitative estimate of drug-likeness (QED) is 0.651. The molecule has 0 aliphatic heterocycles. The van der Waals surface area contributed by atoms with Crippen molar-refractivity contribution in [1.82, 2.24) is 5.32 Å². The fourth-order valence-corrected chi connectivity index (χ4v) is 1.72. The zero-order chi connectivity index (χ0) is 12.7. The van der Waals surface area contributed by atoms with Gasteiger partial charge in [-0.15, -0.1) is 0 Å². The van der Waals surface area contributed by atoms with Crippen molar-refractivity contribution < 1.29 is 9.90 Å². The van der Waals surface area contributed by atoms with Gasteiger partial charge in [0.25, 0.3) is 0 Å². The summed E-state index contributed by atoms with van der Waals surface area (Å²) >= 11 is 5.95. The Morgan fingerprint density at radius 1 is 1.41 bits per heavy atom. The first-order valence-electron chi connectivity index (χ1n) is 5.56. The minimum Gasteiger partial charge on any atom is -0.508 e. The summed E-state index contributed by atoms with van der Waals surface area (Å²) in [7, 11) is 0. The summed E-state index contributed by atoms with van der Waals surface area (Å²) in [6.07, 6.45) is 2.06. The first-order chi connectivity index (χ1) is 8.11. The van der Waals surface area contributed by atoms with Gasteiger partial charge in [-0.25, -0.2) is 0 Å². The van der Waals surface area contributed by atoms with Gasteiger partial charge in [-0.2, -0.15) is 0 Å². The molecule has 94 valence electrons. The maximum absolute atomic E-state index is 10.5. The van der Waals surface area contributed by atoms with Crippen LogP contribution in [0.5, 0.6) is 5.75 Å². The topological polar surface area (TPSA) is 75.4 Å². The fraction of sp³-hybridized carbons (Fsp3) is 0.417. The van der Waals surface area contributed by atoms with Crippen molar-refractivity contribution in [3.05, 3.63) is 28.8 Å². The number of nitrogens with two attached hydrogens (primary N) is 1. The largest absolute Gasteiger partial charge is 0.508 e. The Bertz CT molecular complexity index is 363. The van der Waals surface area contributed by atoms with Crippen molar-refractivity contribution >= 4 is 17.5 Å². The summed E-state index contributed by atoms with van der Waals surface area (Å²) in [5.74, 6) is -0.0733. The average Bonchev–Trinajstić information content (AvgIpc) is 2.26. The summed E-state index contributed by atoms with van der Waals surface area (Å²) < 4.78 is 0. The van der Waals surface area contributed by atoms with Crippen LogP contribution in [0.15, 0.2) is 18.2 Å². The van der Waals surface area contributed by atoms with E-state index in [1.165, 1.54) is 0 Å². The van der Waals surface area contributed by atoms with Crippen molar-refractivity contribution in [3.8, 4) is 5.75 Å². The van der Waals surface area contributed by atoms with E-state index < -0.39 is 0 Å². The third kappa shape index (κ3) is 5.06. The number of benzene rings is 1. The summed E-state index contributed by atoms with van der Waals surface area (Å²) in [6, 6.07) is 5.05. The highest BCUT2D eigenvalue weighted by molar-refractivity contribution is 6.31. The van der Waals surface area contributed by atoms with Gasteiger partial charge in [0.2, 0.25) is 5.91 Å². The van der Waals surface area contributed by atoms with Crippen LogP contribution in [-0.2, 0) is 11.3 Å². The van der Waals surface area contributed by atoms with Gasteiger partial charge in [0.05, 0.1) is 0 Å². The molecule has 0 fully saturated rings. The molecule has 1 rings (SSSR count). The lowest BCUT2D eigenvalue weighted by molar-refractivity contribution is -0.118. The van der Waals surface area contributed by atoms with E-state index in [1.807, 2.05) is 0 Å². The van der Waals surface area contributed by atoms with Gasteiger partial charge in [-0.1, -0.05) is 17.7 Å². The van der Waals surface area contributed by atoms with Crippen LogP contribution >= 0.6 is 11.6 Å². The van der Waals surface area contributed by atoms with E-state index in [1.54, 1.807) is 18.2 Å².